The maximum Gasteiger partial charge on any atom is 0.407 e. The van der Waals surface area contributed by atoms with E-state index in [-0.39, 0.29) is 18.6 Å². The Kier molecular flexibility index (Phi) is 8.68. The highest BCUT2D eigenvalue weighted by molar-refractivity contribution is 5.70. The van der Waals surface area contributed by atoms with Crippen molar-refractivity contribution in [3.8, 4) is 17.2 Å². The summed E-state index contributed by atoms with van der Waals surface area (Å²) in [5.74, 6) is -0.0135. The first-order valence-electron chi connectivity index (χ1n) is 11.6. The molecule has 0 spiro atoms. The number of carbonyl (C=O) groups excluding carboxylic acids is 1. The lowest BCUT2D eigenvalue weighted by atomic mass is 9.87. The van der Waals surface area contributed by atoms with Crippen LogP contribution in [0, 0.1) is 19.8 Å². The number of carbonyl (C=O) groups is 2. The van der Waals surface area contributed by atoms with Crippen LogP contribution in [0.4, 0.5) is 4.79 Å². The first-order chi connectivity index (χ1) is 15.9. The van der Waals surface area contributed by atoms with Gasteiger partial charge in [0.2, 0.25) is 0 Å². The molecule has 180 valence electrons. The summed E-state index contributed by atoms with van der Waals surface area (Å²) in [5.41, 5.74) is 2.66. The van der Waals surface area contributed by atoms with E-state index in [0.717, 1.165) is 37.7 Å². The van der Waals surface area contributed by atoms with Crippen molar-refractivity contribution in [1.29, 1.82) is 0 Å². The van der Waals surface area contributed by atoms with Crippen LogP contribution in [0.5, 0.6) is 5.75 Å². The van der Waals surface area contributed by atoms with Crippen LogP contribution in [0.15, 0.2) is 16.7 Å². The molecule has 2 atom stereocenters. The van der Waals surface area contributed by atoms with Gasteiger partial charge in [0.15, 0.2) is 5.76 Å². The summed E-state index contributed by atoms with van der Waals surface area (Å²) in [6.45, 7) is 6.35. The smallest absolute Gasteiger partial charge is 0.407 e. The highest BCUT2D eigenvalue weighted by Crippen LogP contribution is 2.31. The number of carboxylic acid groups (broad SMARTS) is 1. The van der Waals surface area contributed by atoms with Gasteiger partial charge in [-0.15, -0.1) is 0 Å². The van der Waals surface area contributed by atoms with E-state index in [4.69, 9.17) is 14.0 Å². The van der Waals surface area contributed by atoms with Crippen molar-refractivity contribution in [2.45, 2.75) is 78.4 Å². The molecule has 0 aromatic carbocycles. The molecular weight excluding hydrogens is 426 g/mol. The molecule has 1 aliphatic rings. The Labute approximate surface area is 193 Å². The van der Waals surface area contributed by atoms with Gasteiger partial charge in [-0.1, -0.05) is 24.9 Å². The van der Waals surface area contributed by atoms with Crippen molar-refractivity contribution < 1.29 is 28.7 Å². The number of ether oxygens (including phenoxy) is 2. The van der Waals surface area contributed by atoms with Crippen molar-refractivity contribution >= 4 is 12.1 Å². The van der Waals surface area contributed by atoms with E-state index >= 15 is 0 Å². The van der Waals surface area contributed by atoms with Crippen molar-refractivity contribution in [3.05, 3.63) is 29.1 Å². The van der Waals surface area contributed by atoms with E-state index in [9.17, 15) is 14.7 Å². The number of rotatable bonds is 10. The fourth-order valence-electron chi connectivity index (χ4n) is 3.98. The van der Waals surface area contributed by atoms with Crippen molar-refractivity contribution in [3.63, 3.8) is 0 Å². The van der Waals surface area contributed by atoms with Gasteiger partial charge in [-0.05, 0) is 58.1 Å². The van der Waals surface area contributed by atoms with E-state index in [0.29, 0.717) is 48.0 Å². The Hall–Kier alpha value is -3.10. The van der Waals surface area contributed by atoms with Crippen molar-refractivity contribution in [1.82, 2.24) is 15.5 Å². The summed E-state index contributed by atoms with van der Waals surface area (Å²) in [4.78, 5) is 27.9. The molecule has 9 nitrogen and oxygen atoms in total. The highest BCUT2D eigenvalue weighted by Gasteiger charge is 2.28. The van der Waals surface area contributed by atoms with Gasteiger partial charge < -0.3 is 24.4 Å². The summed E-state index contributed by atoms with van der Waals surface area (Å²) in [7, 11) is 0. The lowest BCUT2D eigenvalue weighted by molar-refractivity contribution is -0.143. The second-order valence-corrected chi connectivity index (χ2v) is 8.49. The minimum Gasteiger partial charge on any atom is -0.489 e. The second kappa shape index (κ2) is 11.7. The molecule has 1 amide bonds. The molecule has 0 unspecified atom stereocenters. The maximum absolute atomic E-state index is 12.0. The van der Waals surface area contributed by atoms with Gasteiger partial charge in [0, 0.05) is 5.56 Å². The number of aromatic nitrogens is 2. The predicted octanol–water partition coefficient (Wildman–Crippen LogP) is 4.79. The van der Waals surface area contributed by atoms with Crippen LogP contribution in [0.25, 0.3) is 11.5 Å². The summed E-state index contributed by atoms with van der Waals surface area (Å²) in [5, 5.41) is 16.1. The normalized spacial score (nSPS) is 18.0. The Morgan fingerprint density at radius 2 is 2.03 bits per heavy atom. The molecule has 0 radical (unpaired) electrons. The van der Waals surface area contributed by atoms with Gasteiger partial charge in [-0.2, -0.15) is 0 Å². The van der Waals surface area contributed by atoms with E-state index < -0.39 is 12.1 Å². The third kappa shape index (κ3) is 6.69. The van der Waals surface area contributed by atoms with Gasteiger partial charge in [0.1, 0.15) is 11.4 Å². The van der Waals surface area contributed by atoms with Crippen molar-refractivity contribution in [2.24, 2.45) is 5.92 Å². The van der Waals surface area contributed by atoms with Crippen LogP contribution >= 0.6 is 0 Å². The first-order valence-corrected chi connectivity index (χ1v) is 11.6. The molecule has 2 heterocycles. The van der Waals surface area contributed by atoms with Crippen LogP contribution in [0.1, 0.15) is 68.8 Å². The fourth-order valence-corrected chi connectivity index (χ4v) is 3.98. The second-order valence-electron chi connectivity index (χ2n) is 8.49. The first kappa shape index (κ1) is 24.5. The summed E-state index contributed by atoms with van der Waals surface area (Å²) in [6, 6.07) is 3.60. The van der Waals surface area contributed by atoms with Gasteiger partial charge in [-0.25, -0.2) is 9.78 Å². The van der Waals surface area contributed by atoms with Gasteiger partial charge in [0.25, 0.3) is 0 Å². The average Bonchev–Trinajstić information content (AvgIpc) is 3.17. The monoisotopic (exact) mass is 459 g/mol. The largest absolute Gasteiger partial charge is 0.489 e. The SMILES string of the molecule is CCCCCOC(=O)NCc1c(C)noc1-c1ccc(O[C@H]2CCC[C@H](C(=O)O)C2)c(C)n1. The minimum atomic E-state index is -0.764. The lowest BCUT2D eigenvalue weighted by Crippen LogP contribution is -2.29. The highest BCUT2D eigenvalue weighted by atomic mass is 16.5. The maximum atomic E-state index is 12.0. The number of nitrogens with zero attached hydrogens (tertiary/aromatic N) is 2. The van der Waals surface area contributed by atoms with Crippen molar-refractivity contribution in [2.75, 3.05) is 6.61 Å². The zero-order valence-corrected chi connectivity index (χ0v) is 19.6. The number of carboxylic acids is 1. The zero-order chi connectivity index (χ0) is 23.8. The molecule has 1 saturated carbocycles. The number of hydrogen-bond acceptors (Lipinski definition) is 7. The Morgan fingerprint density at radius 1 is 1.21 bits per heavy atom. The number of pyridine rings is 1. The quantitative estimate of drug-likeness (QED) is 0.486. The van der Waals surface area contributed by atoms with Gasteiger partial charge in [0.05, 0.1) is 36.6 Å². The average molecular weight is 460 g/mol. The van der Waals surface area contributed by atoms with Crippen LogP contribution in [0.2, 0.25) is 0 Å². The molecule has 1 aliphatic carbocycles. The number of aryl methyl sites for hydroxylation is 2. The topological polar surface area (TPSA) is 124 Å². The minimum absolute atomic E-state index is 0.137. The Balaban J connectivity index is 1.64. The lowest BCUT2D eigenvalue weighted by Gasteiger charge is -2.27. The number of aliphatic carboxylic acids is 1. The van der Waals surface area contributed by atoms with Gasteiger partial charge >= 0.3 is 12.1 Å². The molecule has 2 N–H and O–H groups in total. The molecule has 1 fully saturated rings. The molecule has 0 aliphatic heterocycles. The van der Waals surface area contributed by atoms with Crippen LogP contribution in [0.3, 0.4) is 0 Å². The van der Waals surface area contributed by atoms with Crippen LogP contribution < -0.4 is 10.1 Å². The third-order valence-corrected chi connectivity index (χ3v) is 5.91. The standard InChI is InChI=1S/C24H33N3O6/c1-4-5-6-12-31-24(30)25-14-19-15(2)27-33-22(19)20-10-11-21(16(3)26-20)32-18-9-7-8-17(13-18)23(28)29/h10-11,17-18H,4-9,12-14H2,1-3H3,(H,25,30)(H,28,29)/t17-,18-/m0/s1. The van der Waals surface area contributed by atoms with Gasteiger partial charge in [-0.3, -0.25) is 4.79 Å². The molecule has 3 rings (SSSR count). The van der Waals surface area contributed by atoms with E-state index in [2.05, 4.69) is 22.4 Å². The summed E-state index contributed by atoms with van der Waals surface area (Å²) in [6.07, 6.45) is 5.18. The number of hydrogen-bond donors (Lipinski definition) is 2. The molecule has 2 aromatic rings. The molecule has 2 aromatic heterocycles. The molecule has 0 bridgehead atoms. The molecular formula is C24H33N3O6. The van der Waals surface area contributed by atoms with Crippen LogP contribution in [-0.4, -0.2) is 40.0 Å². The van der Waals surface area contributed by atoms with Crippen LogP contribution in [-0.2, 0) is 16.1 Å². The number of unbranched alkanes of at least 4 members (excludes halogenated alkanes) is 2. The number of amides is 1. The summed E-state index contributed by atoms with van der Waals surface area (Å²) < 4.78 is 16.8. The molecule has 9 heteroatoms. The van der Waals surface area contributed by atoms with E-state index in [1.807, 2.05) is 19.9 Å². The van der Waals surface area contributed by atoms with E-state index in [1.54, 1.807) is 6.07 Å². The van der Waals surface area contributed by atoms with E-state index in [1.165, 1.54) is 0 Å². The number of nitrogens with one attached hydrogen (secondary N) is 1. The molecule has 0 saturated heterocycles. The number of alkyl carbamates (subject to hydrolysis) is 1. The summed E-state index contributed by atoms with van der Waals surface area (Å²) >= 11 is 0. The predicted molar refractivity (Wildman–Crippen MR) is 121 cm³/mol. The Morgan fingerprint density at radius 3 is 2.76 bits per heavy atom. The Bertz CT molecular complexity index is 958. The zero-order valence-electron chi connectivity index (χ0n) is 19.6. The fraction of sp³-hybridized carbons (Fsp3) is 0.583. The third-order valence-electron chi connectivity index (χ3n) is 5.91. The molecule has 33 heavy (non-hydrogen) atoms.